The first-order valence-electron chi connectivity index (χ1n) is 20.6. The minimum atomic E-state index is -0.490. The summed E-state index contributed by atoms with van der Waals surface area (Å²) in [4.78, 5) is 3.96. The molecule has 1 aromatic heterocycles. The fraction of sp³-hybridized carbons (Fsp3) is 0.0526. The maximum absolute atomic E-state index is 2.45. The Morgan fingerprint density at radius 1 is 0.458 bits per heavy atom. The molecule has 1 nitrogen and oxygen atoms in total. The second kappa shape index (κ2) is 13.6. The first-order chi connectivity index (χ1) is 29.3. The Kier molecular flexibility index (Phi) is 7.83. The van der Waals surface area contributed by atoms with Crippen LogP contribution in [0.4, 0.5) is 17.1 Å². The topological polar surface area (TPSA) is 3.24 Å². The minimum Gasteiger partial charge on any atom is -0.310 e. The molecule has 59 heavy (non-hydrogen) atoms. The van der Waals surface area contributed by atoms with Gasteiger partial charge in [-0.2, -0.15) is 0 Å². The van der Waals surface area contributed by atoms with E-state index < -0.39 is 5.41 Å². The maximum atomic E-state index is 2.45. The molecule has 0 unspecified atom stereocenters. The summed E-state index contributed by atoms with van der Waals surface area (Å²) in [5.74, 6) is 0. The van der Waals surface area contributed by atoms with Crippen molar-refractivity contribution in [3.05, 3.63) is 239 Å². The molecule has 0 fully saturated rings. The van der Waals surface area contributed by atoms with Crippen LogP contribution >= 0.6 is 11.3 Å². The van der Waals surface area contributed by atoms with E-state index in [0.717, 1.165) is 29.9 Å². The van der Waals surface area contributed by atoms with E-state index in [9.17, 15) is 0 Å². The van der Waals surface area contributed by atoms with Crippen LogP contribution in [0, 0.1) is 0 Å². The van der Waals surface area contributed by atoms with E-state index in [1.54, 1.807) is 0 Å². The zero-order valence-electron chi connectivity index (χ0n) is 32.5. The van der Waals surface area contributed by atoms with E-state index in [1.807, 2.05) is 11.3 Å². The summed E-state index contributed by atoms with van der Waals surface area (Å²) in [6.45, 7) is 0. The number of anilines is 3. The Bertz CT molecular complexity index is 3220. The molecule has 0 saturated heterocycles. The number of benzene rings is 9. The third kappa shape index (κ3) is 5.23. The largest absolute Gasteiger partial charge is 0.310 e. The van der Waals surface area contributed by atoms with Crippen LogP contribution in [0.25, 0.3) is 60.0 Å². The van der Waals surface area contributed by atoms with E-state index in [0.29, 0.717) is 0 Å². The first kappa shape index (κ1) is 34.1. The summed E-state index contributed by atoms with van der Waals surface area (Å²) < 4.78 is 1.40. The zero-order chi connectivity index (χ0) is 38.9. The number of thiophene rings is 1. The van der Waals surface area contributed by atoms with Crippen LogP contribution in [0.2, 0.25) is 0 Å². The highest BCUT2D eigenvalue weighted by atomic mass is 32.1. The summed E-state index contributed by atoms with van der Waals surface area (Å²) in [6, 6.07) is 74.5. The fourth-order valence-electron chi connectivity index (χ4n) is 10.2. The highest BCUT2D eigenvalue weighted by molar-refractivity contribution is 7.20. The van der Waals surface area contributed by atoms with Crippen molar-refractivity contribution in [3.8, 4) is 22.3 Å². The van der Waals surface area contributed by atoms with Crippen molar-refractivity contribution in [1.29, 1.82) is 0 Å². The van der Waals surface area contributed by atoms with E-state index in [2.05, 4.69) is 217 Å². The Morgan fingerprint density at radius 3 is 1.85 bits per heavy atom. The number of rotatable bonds is 6. The van der Waals surface area contributed by atoms with Gasteiger partial charge in [-0.1, -0.05) is 176 Å². The number of nitrogens with zero attached hydrogens (tertiary/aromatic N) is 1. The van der Waals surface area contributed by atoms with E-state index in [1.165, 1.54) is 86.6 Å². The SMILES string of the molecule is C1=Cc2c(sc3c2ccc2ccc4cc(N(c5ccc(-c6ccccc6)cc5)c5cccc(C6(c7ccccc7)c7ccccc7-c7ccccc76)c5)ccc4c23)CC1. The minimum absolute atomic E-state index is 0.490. The summed E-state index contributed by atoms with van der Waals surface area (Å²) in [7, 11) is 0. The molecule has 0 spiro atoms. The van der Waals surface area contributed by atoms with Gasteiger partial charge in [0.2, 0.25) is 0 Å². The third-order valence-electron chi connectivity index (χ3n) is 12.8. The number of hydrogen-bond acceptors (Lipinski definition) is 2. The summed E-state index contributed by atoms with van der Waals surface area (Å²) >= 11 is 1.99. The molecule has 0 saturated carbocycles. The summed E-state index contributed by atoms with van der Waals surface area (Å²) in [6.07, 6.45) is 6.92. The third-order valence-corrected chi connectivity index (χ3v) is 14.1. The quantitative estimate of drug-likeness (QED) is 0.152. The highest BCUT2D eigenvalue weighted by Gasteiger charge is 2.46. The predicted molar refractivity (Wildman–Crippen MR) is 252 cm³/mol. The van der Waals surface area contributed by atoms with E-state index in [-0.39, 0.29) is 0 Å². The second-order valence-electron chi connectivity index (χ2n) is 15.9. The average Bonchev–Trinajstić information content (AvgIpc) is 3.84. The molecule has 278 valence electrons. The predicted octanol–water partition coefficient (Wildman–Crippen LogP) is 15.7. The van der Waals surface area contributed by atoms with Gasteiger partial charge in [0, 0.05) is 37.4 Å². The van der Waals surface area contributed by atoms with Gasteiger partial charge in [0.05, 0.1) is 5.41 Å². The maximum Gasteiger partial charge on any atom is 0.0714 e. The molecular weight excluding hydrogens is 731 g/mol. The zero-order valence-corrected chi connectivity index (χ0v) is 33.3. The Labute approximate surface area is 348 Å². The molecule has 0 N–H and O–H groups in total. The van der Waals surface area contributed by atoms with Gasteiger partial charge in [0.25, 0.3) is 0 Å². The van der Waals surface area contributed by atoms with Crippen LogP contribution < -0.4 is 4.90 Å². The lowest BCUT2D eigenvalue weighted by atomic mass is 9.67. The number of aryl methyl sites for hydroxylation is 1. The van der Waals surface area contributed by atoms with Gasteiger partial charge in [-0.25, -0.2) is 0 Å². The van der Waals surface area contributed by atoms with E-state index in [4.69, 9.17) is 0 Å². The van der Waals surface area contributed by atoms with Crippen molar-refractivity contribution in [2.75, 3.05) is 4.90 Å². The normalized spacial score (nSPS) is 13.7. The monoisotopic (exact) mass is 769 g/mol. The fourth-order valence-corrected chi connectivity index (χ4v) is 11.5. The number of fused-ring (bicyclic) bond motifs is 10. The molecule has 0 atom stereocenters. The van der Waals surface area contributed by atoms with Crippen LogP contribution in [-0.4, -0.2) is 0 Å². The van der Waals surface area contributed by atoms with Crippen LogP contribution in [0.15, 0.2) is 206 Å². The highest BCUT2D eigenvalue weighted by Crippen LogP contribution is 2.56. The lowest BCUT2D eigenvalue weighted by Gasteiger charge is -2.35. The average molecular weight is 770 g/mol. The number of hydrogen-bond donors (Lipinski definition) is 0. The molecule has 12 rings (SSSR count). The van der Waals surface area contributed by atoms with Crippen molar-refractivity contribution in [1.82, 2.24) is 0 Å². The van der Waals surface area contributed by atoms with Gasteiger partial charge in [-0.3, -0.25) is 0 Å². The molecule has 0 aliphatic heterocycles. The second-order valence-corrected chi connectivity index (χ2v) is 17.0. The van der Waals surface area contributed by atoms with Crippen LogP contribution in [0.3, 0.4) is 0 Å². The molecule has 0 amide bonds. The molecule has 9 aromatic carbocycles. The molecule has 2 aliphatic rings. The lowest BCUT2D eigenvalue weighted by molar-refractivity contribution is 0.768. The standard InChI is InChI=1S/C57H39NS/c1-3-14-38(15-4-1)39-28-31-44(32-29-39)58(46-33-35-47-41(36-46)27-26-40-30-34-51-50-22-9-12-25-54(50)59-56(51)55(40)47)45-19-13-18-43(37-45)57(42-16-5-2-6-17-42)52-23-10-7-20-48(52)49-21-8-11-24-53(49)57/h1-11,13-24,26-37H,12,25H2. The molecule has 0 radical (unpaired) electrons. The Morgan fingerprint density at radius 2 is 1.07 bits per heavy atom. The van der Waals surface area contributed by atoms with Gasteiger partial charge >= 0.3 is 0 Å². The number of allylic oxidation sites excluding steroid dienone is 1. The van der Waals surface area contributed by atoms with Gasteiger partial charge in [0.15, 0.2) is 0 Å². The Balaban J connectivity index is 1.08. The van der Waals surface area contributed by atoms with Gasteiger partial charge in [0.1, 0.15) is 0 Å². The van der Waals surface area contributed by atoms with Crippen LogP contribution in [0.1, 0.15) is 39.1 Å². The summed E-state index contributed by atoms with van der Waals surface area (Å²) in [5.41, 5.74) is 14.4. The van der Waals surface area contributed by atoms with Crippen molar-refractivity contribution < 1.29 is 0 Å². The van der Waals surface area contributed by atoms with Crippen molar-refractivity contribution in [2.24, 2.45) is 0 Å². The molecule has 10 aromatic rings. The van der Waals surface area contributed by atoms with Crippen LogP contribution in [0.5, 0.6) is 0 Å². The molecule has 2 aliphatic carbocycles. The van der Waals surface area contributed by atoms with Crippen molar-refractivity contribution >= 4 is 66.1 Å². The van der Waals surface area contributed by atoms with Gasteiger partial charge in [-0.15, -0.1) is 11.3 Å². The lowest BCUT2D eigenvalue weighted by Crippen LogP contribution is -2.28. The molecular formula is C57H39NS. The molecule has 2 heteroatoms. The van der Waals surface area contributed by atoms with Gasteiger partial charge in [-0.05, 0) is 115 Å². The Hall–Kier alpha value is -7.00. The first-order valence-corrected chi connectivity index (χ1v) is 21.5. The smallest absolute Gasteiger partial charge is 0.0714 e. The molecule has 1 heterocycles. The van der Waals surface area contributed by atoms with E-state index >= 15 is 0 Å². The van der Waals surface area contributed by atoms with Crippen LogP contribution in [-0.2, 0) is 11.8 Å². The van der Waals surface area contributed by atoms with Gasteiger partial charge < -0.3 is 4.90 Å². The molecule has 0 bridgehead atoms. The van der Waals surface area contributed by atoms with Crippen molar-refractivity contribution in [3.63, 3.8) is 0 Å². The van der Waals surface area contributed by atoms with Crippen molar-refractivity contribution in [2.45, 2.75) is 18.3 Å². The summed E-state index contributed by atoms with van der Waals surface area (Å²) in [5, 5.41) is 6.58.